The van der Waals surface area contributed by atoms with E-state index in [0.29, 0.717) is 11.1 Å². The Labute approximate surface area is 103 Å². The van der Waals surface area contributed by atoms with Crippen LogP contribution in [0.1, 0.15) is 29.8 Å². The molecule has 2 N–H and O–H groups in total. The van der Waals surface area contributed by atoms with Crippen LogP contribution in [0.4, 0.5) is 13.2 Å². The topological polar surface area (TPSA) is 38.9 Å². The van der Waals surface area contributed by atoms with Crippen molar-refractivity contribution in [2.24, 2.45) is 5.73 Å². The van der Waals surface area contributed by atoms with Gasteiger partial charge in [-0.05, 0) is 31.5 Å². The Morgan fingerprint density at radius 2 is 1.94 bits per heavy atom. The van der Waals surface area contributed by atoms with Gasteiger partial charge >= 0.3 is 6.18 Å². The van der Waals surface area contributed by atoms with Crippen molar-refractivity contribution in [1.29, 1.82) is 0 Å². The first-order valence-corrected chi connectivity index (χ1v) is 5.53. The number of hydrogen-bond donors (Lipinski definition) is 1. The van der Waals surface area contributed by atoms with E-state index in [1.807, 2.05) is 0 Å². The molecule has 1 heterocycles. The zero-order valence-corrected chi connectivity index (χ0v) is 10.0. The van der Waals surface area contributed by atoms with E-state index in [-0.39, 0.29) is 5.52 Å². The molecule has 1 aromatic heterocycles. The highest BCUT2D eigenvalue weighted by atomic mass is 19.4. The highest BCUT2D eigenvalue weighted by Crippen LogP contribution is 2.35. The summed E-state index contributed by atoms with van der Waals surface area (Å²) in [6, 6.07) is 5.41. The summed E-state index contributed by atoms with van der Waals surface area (Å²) in [4.78, 5) is 4.06. The first kappa shape index (κ1) is 12.8. The van der Waals surface area contributed by atoms with Crippen LogP contribution in [0.3, 0.4) is 0 Å². The maximum absolute atomic E-state index is 12.9. The number of pyridine rings is 1. The maximum Gasteiger partial charge on any atom is 0.418 e. The lowest BCUT2D eigenvalue weighted by Gasteiger charge is -2.13. The average Bonchev–Trinajstić information content (AvgIpc) is 2.26. The molecule has 1 atom stereocenters. The number of aryl methyl sites for hydroxylation is 1. The van der Waals surface area contributed by atoms with Gasteiger partial charge in [0.2, 0.25) is 0 Å². The average molecular weight is 254 g/mol. The summed E-state index contributed by atoms with van der Waals surface area (Å²) in [6.07, 6.45) is -4.41. The smallest absolute Gasteiger partial charge is 0.323 e. The largest absolute Gasteiger partial charge is 0.418 e. The summed E-state index contributed by atoms with van der Waals surface area (Å²) < 4.78 is 38.7. The lowest BCUT2D eigenvalue weighted by atomic mass is 10.0. The fraction of sp³-hybridized carbons (Fsp3) is 0.308. The highest BCUT2D eigenvalue weighted by molar-refractivity contribution is 5.85. The number of rotatable bonds is 1. The fourth-order valence-corrected chi connectivity index (χ4v) is 1.91. The number of alkyl halides is 3. The molecule has 0 aliphatic carbocycles. The molecule has 0 aliphatic heterocycles. The van der Waals surface area contributed by atoms with E-state index in [0.717, 1.165) is 11.6 Å². The molecular weight excluding hydrogens is 241 g/mol. The monoisotopic (exact) mass is 254 g/mol. The summed E-state index contributed by atoms with van der Waals surface area (Å²) in [5.41, 5.74) is 6.16. The van der Waals surface area contributed by atoms with Crippen LogP contribution in [0.15, 0.2) is 24.3 Å². The number of halogens is 3. The molecule has 0 aliphatic rings. The van der Waals surface area contributed by atoms with Crippen molar-refractivity contribution in [1.82, 2.24) is 4.98 Å². The second kappa shape index (κ2) is 4.24. The van der Waals surface area contributed by atoms with Gasteiger partial charge in [-0.25, -0.2) is 0 Å². The SMILES string of the molecule is Cc1cc(C(C)N)nc2c(C(F)(F)F)cccc12. The summed E-state index contributed by atoms with van der Waals surface area (Å²) in [6.45, 7) is 3.46. The Hall–Kier alpha value is -1.62. The molecule has 1 aromatic carbocycles. The van der Waals surface area contributed by atoms with Gasteiger partial charge in [0.05, 0.1) is 16.8 Å². The predicted molar refractivity (Wildman–Crippen MR) is 64.1 cm³/mol. The van der Waals surface area contributed by atoms with Gasteiger partial charge in [-0.3, -0.25) is 4.98 Å². The van der Waals surface area contributed by atoms with Gasteiger partial charge < -0.3 is 5.73 Å². The number of para-hydroxylation sites is 1. The van der Waals surface area contributed by atoms with Crippen LogP contribution in [-0.2, 0) is 6.18 Å². The molecule has 0 spiro atoms. The molecule has 0 saturated heterocycles. The normalized spacial score (nSPS) is 13.9. The van der Waals surface area contributed by atoms with E-state index in [2.05, 4.69) is 4.98 Å². The highest BCUT2D eigenvalue weighted by Gasteiger charge is 2.33. The van der Waals surface area contributed by atoms with Crippen molar-refractivity contribution >= 4 is 10.9 Å². The number of aromatic nitrogens is 1. The molecule has 96 valence electrons. The number of hydrogen-bond acceptors (Lipinski definition) is 2. The second-order valence-electron chi connectivity index (χ2n) is 4.35. The van der Waals surface area contributed by atoms with Gasteiger partial charge in [0, 0.05) is 11.4 Å². The molecule has 2 rings (SSSR count). The molecule has 5 heteroatoms. The molecule has 2 nitrogen and oxygen atoms in total. The fourth-order valence-electron chi connectivity index (χ4n) is 1.91. The van der Waals surface area contributed by atoms with E-state index in [1.165, 1.54) is 6.07 Å². The third-order valence-electron chi connectivity index (χ3n) is 2.84. The Morgan fingerprint density at radius 1 is 1.28 bits per heavy atom. The van der Waals surface area contributed by atoms with Gasteiger partial charge in [0.15, 0.2) is 0 Å². The van der Waals surface area contributed by atoms with Crippen molar-refractivity contribution in [2.75, 3.05) is 0 Å². The van der Waals surface area contributed by atoms with Gasteiger partial charge in [-0.15, -0.1) is 0 Å². The zero-order valence-electron chi connectivity index (χ0n) is 10.0. The first-order chi connectivity index (χ1) is 8.30. The van der Waals surface area contributed by atoms with E-state index in [1.54, 1.807) is 26.0 Å². The second-order valence-corrected chi connectivity index (χ2v) is 4.35. The Morgan fingerprint density at radius 3 is 2.50 bits per heavy atom. The van der Waals surface area contributed by atoms with Crippen LogP contribution in [-0.4, -0.2) is 4.98 Å². The molecule has 0 amide bonds. The van der Waals surface area contributed by atoms with Crippen LogP contribution in [0.25, 0.3) is 10.9 Å². The molecule has 2 aromatic rings. The Kier molecular flexibility index (Phi) is 3.02. The van der Waals surface area contributed by atoms with Crippen LogP contribution >= 0.6 is 0 Å². The van der Waals surface area contributed by atoms with Crippen molar-refractivity contribution < 1.29 is 13.2 Å². The minimum atomic E-state index is -4.41. The summed E-state index contributed by atoms with van der Waals surface area (Å²) >= 11 is 0. The quantitative estimate of drug-likeness (QED) is 0.844. The van der Waals surface area contributed by atoms with E-state index in [4.69, 9.17) is 5.73 Å². The van der Waals surface area contributed by atoms with Gasteiger partial charge in [0.1, 0.15) is 0 Å². The Balaban J connectivity index is 2.82. The standard InChI is InChI=1S/C13H13F3N2/c1-7-6-11(8(2)17)18-12-9(7)4-3-5-10(12)13(14,15)16/h3-6,8H,17H2,1-2H3. The van der Waals surface area contributed by atoms with Crippen molar-refractivity contribution in [3.63, 3.8) is 0 Å². The van der Waals surface area contributed by atoms with Crippen LogP contribution in [0, 0.1) is 6.92 Å². The third-order valence-corrected chi connectivity index (χ3v) is 2.84. The van der Waals surface area contributed by atoms with Crippen LogP contribution in [0.5, 0.6) is 0 Å². The van der Waals surface area contributed by atoms with E-state index >= 15 is 0 Å². The van der Waals surface area contributed by atoms with Gasteiger partial charge in [0.25, 0.3) is 0 Å². The third kappa shape index (κ3) is 2.18. The van der Waals surface area contributed by atoms with E-state index in [9.17, 15) is 13.2 Å². The molecule has 0 fully saturated rings. The number of nitrogens with two attached hydrogens (primary N) is 1. The van der Waals surface area contributed by atoms with Gasteiger partial charge in [-0.1, -0.05) is 12.1 Å². The van der Waals surface area contributed by atoms with E-state index < -0.39 is 17.8 Å². The summed E-state index contributed by atoms with van der Waals surface area (Å²) in [7, 11) is 0. The predicted octanol–water partition coefficient (Wildman–Crippen LogP) is 3.58. The van der Waals surface area contributed by atoms with Crippen molar-refractivity contribution in [2.45, 2.75) is 26.1 Å². The molecule has 0 saturated carbocycles. The lowest BCUT2D eigenvalue weighted by Crippen LogP contribution is -2.11. The lowest BCUT2D eigenvalue weighted by molar-refractivity contribution is -0.136. The van der Waals surface area contributed by atoms with Gasteiger partial charge in [-0.2, -0.15) is 13.2 Å². The summed E-state index contributed by atoms with van der Waals surface area (Å²) in [5, 5.41) is 0.509. The van der Waals surface area contributed by atoms with Crippen LogP contribution < -0.4 is 5.73 Å². The molecule has 0 bridgehead atoms. The molecule has 0 radical (unpaired) electrons. The zero-order chi connectivity index (χ0) is 13.5. The molecular formula is C13H13F3N2. The number of benzene rings is 1. The van der Waals surface area contributed by atoms with Crippen molar-refractivity contribution in [3.8, 4) is 0 Å². The number of fused-ring (bicyclic) bond motifs is 1. The van der Waals surface area contributed by atoms with Crippen molar-refractivity contribution in [3.05, 3.63) is 41.1 Å². The summed E-state index contributed by atoms with van der Waals surface area (Å²) in [5.74, 6) is 0. The molecule has 18 heavy (non-hydrogen) atoms. The minimum absolute atomic E-state index is 0.0303. The molecule has 1 unspecified atom stereocenters. The number of nitrogens with zero attached hydrogens (tertiary/aromatic N) is 1. The Bertz CT molecular complexity index is 589. The first-order valence-electron chi connectivity index (χ1n) is 5.53. The minimum Gasteiger partial charge on any atom is -0.323 e. The maximum atomic E-state index is 12.9. The van der Waals surface area contributed by atoms with Crippen LogP contribution in [0.2, 0.25) is 0 Å².